The number of benzene rings is 2. The molecule has 0 unspecified atom stereocenters. The van der Waals surface area contributed by atoms with E-state index in [9.17, 15) is 13.2 Å². The van der Waals surface area contributed by atoms with Crippen LogP contribution in [0.15, 0.2) is 42.5 Å². The summed E-state index contributed by atoms with van der Waals surface area (Å²) in [5.74, 6) is 1.77. The van der Waals surface area contributed by atoms with E-state index in [2.05, 4.69) is 5.32 Å². The number of nitrogens with zero attached hydrogens (tertiary/aromatic N) is 1. The van der Waals surface area contributed by atoms with Crippen LogP contribution in [-0.4, -0.2) is 46.0 Å². The van der Waals surface area contributed by atoms with Gasteiger partial charge in [0, 0.05) is 35.1 Å². The van der Waals surface area contributed by atoms with Gasteiger partial charge in [-0.25, -0.2) is 8.42 Å². The van der Waals surface area contributed by atoms with E-state index < -0.39 is 16.1 Å². The molecular weight excluding hydrogens is 479 g/mol. The van der Waals surface area contributed by atoms with Crippen LogP contribution in [0.3, 0.4) is 0 Å². The molecule has 0 fully saturated rings. The number of ether oxygens (including phenoxy) is 1. The lowest BCUT2D eigenvalue weighted by molar-refractivity contribution is -0.127. The van der Waals surface area contributed by atoms with Crippen molar-refractivity contribution >= 4 is 56.6 Å². The maximum Gasteiger partial charge on any atom is 0.261 e. The molecule has 0 aliphatic heterocycles. The zero-order valence-electron chi connectivity index (χ0n) is 17.6. The lowest BCUT2D eigenvalue weighted by Crippen LogP contribution is -2.39. The topological polar surface area (TPSA) is 75.7 Å². The minimum atomic E-state index is -3.33. The highest BCUT2D eigenvalue weighted by molar-refractivity contribution is 7.98. The van der Waals surface area contributed by atoms with E-state index >= 15 is 0 Å². The summed E-state index contributed by atoms with van der Waals surface area (Å²) in [6, 6.07) is 12.0. The number of hydrogen-bond donors (Lipinski definition) is 1. The first-order valence-electron chi connectivity index (χ1n) is 9.61. The van der Waals surface area contributed by atoms with Gasteiger partial charge in [-0.05, 0) is 48.4 Å². The number of anilines is 1. The SMILES string of the molecule is CC[C@H](Oc1ccc(N(C)S(C)(=O)=O)cc1)C(=O)NCCSCc1ccc(Cl)cc1Cl. The van der Waals surface area contributed by atoms with Crippen LogP contribution >= 0.6 is 35.0 Å². The number of rotatable bonds is 11. The molecule has 0 heterocycles. The van der Waals surface area contributed by atoms with Crippen LogP contribution in [0.1, 0.15) is 18.9 Å². The van der Waals surface area contributed by atoms with Crippen LogP contribution in [0.2, 0.25) is 10.0 Å². The molecule has 0 saturated carbocycles. The van der Waals surface area contributed by atoms with E-state index in [1.54, 1.807) is 48.2 Å². The van der Waals surface area contributed by atoms with Gasteiger partial charge in [0.1, 0.15) is 5.75 Å². The Kier molecular flexibility index (Phi) is 9.81. The maximum atomic E-state index is 12.4. The number of halogens is 2. The summed E-state index contributed by atoms with van der Waals surface area (Å²) < 4.78 is 30.2. The summed E-state index contributed by atoms with van der Waals surface area (Å²) in [4.78, 5) is 12.4. The molecule has 2 aromatic rings. The Morgan fingerprint density at radius 2 is 1.87 bits per heavy atom. The molecule has 0 bridgehead atoms. The molecule has 1 atom stereocenters. The quantitative estimate of drug-likeness (QED) is 0.452. The number of carbonyl (C=O) groups excluding carboxylic acids is 1. The summed E-state index contributed by atoms with van der Waals surface area (Å²) in [6.07, 6.45) is 1.01. The number of hydrogen-bond acceptors (Lipinski definition) is 5. The average Bonchev–Trinajstić information content (AvgIpc) is 2.72. The lowest BCUT2D eigenvalue weighted by Gasteiger charge is -2.19. The van der Waals surface area contributed by atoms with Gasteiger partial charge in [0.15, 0.2) is 6.10 Å². The summed E-state index contributed by atoms with van der Waals surface area (Å²) in [5, 5.41) is 4.13. The molecule has 0 aliphatic carbocycles. The number of sulfonamides is 1. The van der Waals surface area contributed by atoms with E-state index in [0.717, 1.165) is 23.3 Å². The minimum absolute atomic E-state index is 0.190. The number of amides is 1. The van der Waals surface area contributed by atoms with Crippen molar-refractivity contribution in [2.24, 2.45) is 0 Å². The van der Waals surface area contributed by atoms with Gasteiger partial charge in [0.2, 0.25) is 10.0 Å². The molecule has 31 heavy (non-hydrogen) atoms. The molecule has 2 rings (SSSR count). The van der Waals surface area contributed by atoms with Gasteiger partial charge in [0.05, 0.1) is 11.9 Å². The molecule has 0 aromatic heterocycles. The summed E-state index contributed by atoms with van der Waals surface area (Å²) in [5.41, 5.74) is 1.52. The second kappa shape index (κ2) is 11.9. The Labute approximate surface area is 198 Å². The van der Waals surface area contributed by atoms with Crippen molar-refractivity contribution in [1.29, 1.82) is 0 Å². The summed E-state index contributed by atoms with van der Waals surface area (Å²) in [6.45, 7) is 2.37. The predicted molar refractivity (Wildman–Crippen MR) is 130 cm³/mol. The van der Waals surface area contributed by atoms with Gasteiger partial charge in [-0.3, -0.25) is 9.10 Å². The van der Waals surface area contributed by atoms with Crippen molar-refractivity contribution in [2.75, 3.05) is 29.9 Å². The van der Waals surface area contributed by atoms with Crippen LogP contribution in [0.5, 0.6) is 5.75 Å². The van der Waals surface area contributed by atoms with Crippen LogP contribution < -0.4 is 14.4 Å². The molecule has 1 amide bonds. The Bertz CT molecular complexity index is 985. The second-order valence-corrected chi connectivity index (χ2v) is 10.8. The normalized spacial score (nSPS) is 12.3. The largest absolute Gasteiger partial charge is 0.481 e. The van der Waals surface area contributed by atoms with Gasteiger partial charge < -0.3 is 10.1 Å². The molecule has 2 aromatic carbocycles. The number of nitrogens with one attached hydrogen (secondary N) is 1. The van der Waals surface area contributed by atoms with Crippen molar-refractivity contribution in [3.05, 3.63) is 58.1 Å². The van der Waals surface area contributed by atoms with Gasteiger partial charge in [0.25, 0.3) is 5.91 Å². The molecule has 6 nitrogen and oxygen atoms in total. The lowest BCUT2D eigenvalue weighted by atomic mass is 10.2. The summed E-state index contributed by atoms with van der Waals surface area (Å²) in [7, 11) is -1.86. The highest BCUT2D eigenvalue weighted by Crippen LogP contribution is 2.24. The fourth-order valence-electron chi connectivity index (χ4n) is 2.59. The van der Waals surface area contributed by atoms with Crippen molar-refractivity contribution in [3.8, 4) is 5.75 Å². The third kappa shape index (κ3) is 8.11. The number of carbonyl (C=O) groups is 1. The first-order valence-corrected chi connectivity index (χ1v) is 13.4. The molecule has 170 valence electrons. The van der Waals surface area contributed by atoms with Crippen molar-refractivity contribution in [2.45, 2.75) is 25.2 Å². The third-order valence-corrected chi connectivity index (χ3v) is 7.26. The van der Waals surface area contributed by atoms with E-state index in [-0.39, 0.29) is 5.91 Å². The fraction of sp³-hybridized carbons (Fsp3) is 0.381. The first-order chi connectivity index (χ1) is 14.6. The standard InChI is InChI=1S/C21H26Cl2N2O4S2/c1-4-20(29-18-9-7-17(8-10-18)25(2)31(3,27)28)21(26)24-11-12-30-14-15-5-6-16(22)13-19(15)23/h5-10,13,20H,4,11-12,14H2,1-3H3,(H,24,26)/t20-/m0/s1. The van der Waals surface area contributed by atoms with Crippen molar-refractivity contribution < 1.29 is 17.9 Å². The van der Waals surface area contributed by atoms with Gasteiger partial charge in [-0.2, -0.15) is 11.8 Å². The third-order valence-electron chi connectivity index (χ3n) is 4.46. The van der Waals surface area contributed by atoms with Crippen LogP contribution in [0.25, 0.3) is 0 Å². The molecular formula is C21H26Cl2N2O4S2. The van der Waals surface area contributed by atoms with Gasteiger partial charge >= 0.3 is 0 Å². The molecule has 0 aliphatic rings. The van der Waals surface area contributed by atoms with E-state index in [4.69, 9.17) is 27.9 Å². The van der Waals surface area contributed by atoms with E-state index in [0.29, 0.717) is 34.4 Å². The van der Waals surface area contributed by atoms with E-state index in [1.807, 2.05) is 13.0 Å². The monoisotopic (exact) mass is 504 g/mol. The van der Waals surface area contributed by atoms with Gasteiger partial charge in [-0.1, -0.05) is 36.2 Å². The first kappa shape index (κ1) is 25.6. The van der Waals surface area contributed by atoms with Crippen LogP contribution in [-0.2, 0) is 20.6 Å². The van der Waals surface area contributed by atoms with Crippen LogP contribution in [0, 0.1) is 0 Å². The smallest absolute Gasteiger partial charge is 0.261 e. The Morgan fingerprint density at radius 1 is 1.19 bits per heavy atom. The molecule has 1 N–H and O–H groups in total. The molecule has 10 heteroatoms. The molecule has 0 radical (unpaired) electrons. The fourth-order valence-corrected chi connectivity index (χ4v) is 4.52. The molecule has 0 saturated heterocycles. The van der Waals surface area contributed by atoms with Gasteiger partial charge in [-0.15, -0.1) is 0 Å². The Morgan fingerprint density at radius 3 is 2.45 bits per heavy atom. The highest BCUT2D eigenvalue weighted by atomic mass is 35.5. The minimum Gasteiger partial charge on any atom is -0.481 e. The predicted octanol–water partition coefficient (Wildman–Crippen LogP) is 4.60. The van der Waals surface area contributed by atoms with Crippen LogP contribution in [0.4, 0.5) is 5.69 Å². The van der Waals surface area contributed by atoms with E-state index in [1.165, 1.54) is 11.4 Å². The second-order valence-electron chi connectivity index (χ2n) is 6.82. The Hall–Kier alpha value is -1.61. The van der Waals surface area contributed by atoms with Crippen molar-refractivity contribution in [3.63, 3.8) is 0 Å². The maximum absolute atomic E-state index is 12.4. The molecule has 0 spiro atoms. The Balaban J connectivity index is 1.79. The summed E-state index contributed by atoms with van der Waals surface area (Å²) >= 11 is 13.7. The average molecular weight is 505 g/mol. The zero-order valence-corrected chi connectivity index (χ0v) is 20.7. The zero-order chi connectivity index (χ0) is 23.0. The van der Waals surface area contributed by atoms with Crippen molar-refractivity contribution in [1.82, 2.24) is 5.32 Å². The highest BCUT2D eigenvalue weighted by Gasteiger charge is 2.18. The number of thioether (sulfide) groups is 1.